The Kier molecular flexibility index (Phi) is 3.27. The summed E-state index contributed by atoms with van der Waals surface area (Å²) in [6, 6.07) is 8.38. The molecule has 0 radical (unpaired) electrons. The number of hydrogen-bond donors (Lipinski definition) is 0. The molecule has 2 rings (SSSR count). The van der Waals surface area contributed by atoms with Crippen LogP contribution >= 0.6 is 11.6 Å². The molecule has 0 atom stereocenters. The lowest BCUT2D eigenvalue weighted by Crippen LogP contribution is -2.30. The molecule has 0 spiro atoms. The predicted molar refractivity (Wildman–Crippen MR) is 62.5 cm³/mol. The van der Waals surface area contributed by atoms with Crippen molar-refractivity contribution in [2.45, 2.75) is 19.3 Å². The molecule has 1 aromatic rings. The zero-order valence-corrected chi connectivity index (χ0v) is 9.33. The number of carbonyl (C=O) groups excluding carboxylic acids is 1. The minimum absolute atomic E-state index is 0.252. The van der Waals surface area contributed by atoms with Gasteiger partial charge in [0.25, 0.3) is 0 Å². The fourth-order valence-corrected chi connectivity index (χ4v) is 2.15. The van der Waals surface area contributed by atoms with E-state index < -0.39 is 0 Å². The topological polar surface area (TPSA) is 20.3 Å². The third-order valence-corrected chi connectivity index (χ3v) is 2.97. The summed E-state index contributed by atoms with van der Waals surface area (Å²) in [5.41, 5.74) is 2.65. The van der Waals surface area contributed by atoms with Crippen LogP contribution in [0.2, 0.25) is 0 Å². The maximum Gasteiger partial charge on any atom is 0.223 e. The maximum absolute atomic E-state index is 10.7. The molecule has 0 aliphatic carbocycles. The summed E-state index contributed by atoms with van der Waals surface area (Å²) in [6.07, 6.45) is 2.73. The van der Waals surface area contributed by atoms with Gasteiger partial charge in [0.1, 0.15) is 0 Å². The molecule has 15 heavy (non-hydrogen) atoms. The third kappa shape index (κ3) is 2.51. The summed E-state index contributed by atoms with van der Waals surface area (Å²) < 4.78 is 0. The van der Waals surface area contributed by atoms with Gasteiger partial charge in [0.05, 0.1) is 0 Å². The Labute approximate surface area is 94.8 Å². The summed E-state index contributed by atoms with van der Waals surface area (Å²) in [6.45, 7) is 1.76. The summed E-state index contributed by atoms with van der Waals surface area (Å²) in [4.78, 5) is 13.0. The first-order valence-electron chi connectivity index (χ1n) is 5.28. The molecular formula is C12H14ClNO. The van der Waals surface area contributed by atoms with Gasteiger partial charge in [-0.25, -0.2) is 0 Å². The Morgan fingerprint density at radius 2 is 2.20 bits per heavy atom. The van der Waals surface area contributed by atoms with Gasteiger partial charge in [-0.05, 0) is 36.1 Å². The first-order chi connectivity index (χ1) is 7.27. The molecule has 1 heterocycles. The van der Waals surface area contributed by atoms with Crippen LogP contribution in [0.1, 0.15) is 18.4 Å². The van der Waals surface area contributed by atoms with Crippen molar-refractivity contribution in [3.8, 4) is 0 Å². The molecule has 0 unspecified atom stereocenters. The van der Waals surface area contributed by atoms with Crippen molar-refractivity contribution in [3.63, 3.8) is 0 Å². The Bertz CT molecular complexity index is 364. The number of aryl methyl sites for hydroxylation is 1. The molecule has 0 saturated carbocycles. The van der Waals surface area contributed by atoms with Crippen molar-refractivity contribution in [2.24, 2.45) is 0 Å². The summed E-state index contributed by atoms with van der Waals surface area (Å²) in [7, 11) is 0. The van der Waals surface area contributed by atoms with Gasteiger partial charge in [0.2, 0.25) is 5.24 Å². The lowest BCUT2D eigenvalue weighted by atomic mass is 10.0. The van der Waals surface area contributed by atoms with Crippen LogP contribution in [-0.2, 0) is 11.2 Å². The van der Waals surface area contributed by atoms with Crippen molar-refractivity contribution in [2.75, 3.05) is 18.0 Å². The molecule has 1 aromatic carbocycles. The van der Waals surface area contributed by atoms with Crippen molar-refractivity contribution in [1.82, 2.24) is 0 Å². The highest BCUT2D eigenvalue weighted by Gasteiger charge is 2.16. The predicted octanol–water partition coefficient (Wildman–Crippen LogP) is 2.59. The zero-order chi connectivity index (χ0) is 10.7. The number of hydrogen-bond acceptors (Lipinski definition) is 2. The van der Waals surface area contributed by atoms with E-state index in [1.807, 2.05) is 6.07 Å². The number of anilines is 1. The van der Waals surface area contributed by atoms with E-state index in [4.69, 9.17) is 11.6 Å². The first kappa shape index (κ1) is 10.5. The van der Waals surface area contributed by atoms with E-state index in [1.54, 1.807) is 0 Å². The van der Waals surface area contributed by atoms with E-state index in [1.165, 1.54) is 11.3 Å². The number of benzene rings is 1. The molecule has 0 amide bonds. The molecule has 1 aliphatic rings. The normalized spacial score (nSPS) is 14.9. The molecule has 3 heteroatoms. The third-order valence-electron chi connectivity index (χ3n) is 2.78. The highest BCUT2D eigenvalue weighted by molar-refractivity contribution is 6.63. The second-order valence-corrected chi connectivity index (χ2v) is 4.25. The van der Waals surface area contributed by atoms with Crippen LogP contribution in [-0.4, -0.2) is 18.3 Å². The van der Waals surface area contributed by atoms with Crippen molar-refractivity contribution < 1.29 is 4.79 Å². The highest BCUT2D eigenvalue weighted by Crippen LogP contribution is 2.26. The Balaban J connectivity index is 2.11. The molecule has 0 N–H and O–H groups in total. The second kappa shape index (κ2) is 4.67. The fourth-order valence-electron chi connectivity index (χ4n) is 2.07. The van der Waals surface area contributed by atoms with Crippen LogP contribution < -0.4 is 4.90 Å². The number of nitrogens with zero attached hydrogens (tertiary/aromatic N) is 1. The maximum atomic E-state index is 10.7. The minimum atomic E-state index is -0.252. The molecule has 1 aliphatic heterocycles. The van der Waals surface area contributed by atoms with Gasteiger partial charge in [-0.2, -0.15) is 0 Å². The summed E-state index contributed by atoms with van der Waals surface area (Å²) in [5, 5.41) is -0.252. The average Bonchev–Trinajstić information content (AvgIpc) is 2.26. The smallest absolute Gasteiger partial charge is 0.223 e. The number of carbonyl (C=O) groups is 1. The number of fused-ring (bicyclic) bond motifs is 1. The minimum Gasteiger partial charge on any atom is -0.371 e. The average molecular weight is 224 g/mol. The van der Waals surface area contributed by atoms with Gasteiger partial charge < -0.3 is 4.90 Å². The van der Waals surface area contributed by atoms with E-state index in [0.29, 0.717) is 6.42 Å². The van der Waals surface area contributed by atoms with Gasteiger partial charge in [-0.3, -0.25) is 4.79 Å². The quantitative estimate of drug-likeness (QED) is 0.735. The van der Waals surface area contributed by atoms with Crippen molar-refractivity contribution in [1.29, 1.82) is 0 Å². The SMILES string of the molecule is O=C(Cl)CCN1CCCc2ccccc21. The van der Waals surface area contributed by atoms with Crippen LogP contribution in [0, 0.1) is 0 Å². The van der Waals surface area contributed by atoms with E-state index >= 15 is 0 Å². The molecule has 80 valence electrons. The van der Waals surface area contributed by atoms with Gasteiger partial charge >= 0.3 is 0 Å². The summed E-state index contributed by atoms with van der Waals surface area (Å²) in [5.74, 6) is 0. The molecule has 0 aromatic heterocycles. The van der Waals surface area contributed by atoms with Crippen LogP contribution in [0.15, 0.2) is 24.3 Å². The summed E-state index contributed by atoms with van der Waals surface area (Å²) >= 11 is 5.36. The van der Waals surface area contributed by atoms with Gasteiger partial charge in [0.15, 0.2) is 0 Å². The van der Waals surface area contributed by atoms with Crippen LogP contribution in [0.4, 0.5) is 5.69 Å². The second-order valence-electron chi connectivity index (χ2n) is 3.82. The fraction of sp³-hybridized carbons (Fsp3) is 0.417. The Hall–Kier alpha value is -1.02. The molecule has 0 fully saturated rings. The van der Waals surface area contributed by atoms with Gasteiger partial charge in [-0.1, -0.05) is 18.2 Å². The van der Waals surface area contributed by atoms with Gasteiger partial charge in [0, 0.05) is 25.2 Å². The standard InChI is InChI=1S/C12H14ClNO/c13-12(15)7-9-14-8-3-5-10-4-1-2-6-11(10)14/h1-2,4,6H,3,5,7-9H2. The first-order valence-corrected chi connectivity index (χ1v) is 5.66. The van der Waals surface area contributed by atoms with E-state index in [-0.39, 0.29) is 5.24 Å². The monoisotopic (exact) mass is 223 g/mol. The molecular weight excluding hydrogens is 210 g/mol. The lowest BCUT2D eigenvalue weighted by Gasteiger charge is -2.30. The highest BCUT2D eigenvalue weighted by atomic mass is 35.5. The number of para-hydroxylation sites is 1. The molecule has 0 bridgehead atoms. The van der Waals surface area contributed by atoms with E-state index in [9.17, 15) is 4.79 Å². The lowest BCUT2D eigenvalue weighted by molar-refractivity contribution is -0.111. The Morgan fingerprint density at radius 3 is 3.00 bits per heavy atom. The van der Waals surface area contributed by atoms with Crippen LogP contribution in [0.3, 0.4) is 0 Å². The van der Waals surface area contributed by atoms with Crippen LogP contribution in [0.5, 0.6) is 0 Å². The Morgan fingerprint density at radius 1 is 1.40 bits per heavy atom. The van der Waals surface area contributed by atoms with Crippen molar-refractivity contribution in [3.05, 3.63) is 29.8 Å². The molecule has 0 saturated heterocycles. The number of rotatable bonds is 3. The van der Waals surface area contributed by atoms with E-state index in [2.05, 4.69) is 23.1 Å². The van der Waals surface area contributed by atoms with Crippen LogP contribution in [0.25, 0.3) is 0 Å². The van der Waals surface area contributed by atoms with Crippen molar-refractivity contribution >= 4 is 22.5 Å². The van der Waals surface area contributed by atoms with E-state index in [0.717, 1.165) is 25.9 Å². The zero-order valence-electron chi connectivity index (χ0n) is 8.58. The number of halogens is 1. The van der Waals surface area contributed by atoms with Gasteiger partial charge in [-0.15, -0.1) is 0 Å². The largest absolute Gasteiger partial charge is 0.371 e. The molecule has 2 nitrogen and oxygen atoms in total.